The van der Waals surface area contributed by atoms with Gasteiger partial charge in [-0.1, -0.05) is 11.6 Å². The van der Waals surface area contributed by atoms with Gasteiger partial charge >= 0.3 is 5.97 Å². The standard InChI is InChI=1S/C7H7BrClNO2/c1-2-12-7(11)5-3-4(9)6(8)10-5/h3,10H,2H2,1H3. The first-order valence-corrected chi connectivity index (χ1v) is 4.53. The Morgan fingerprint density at radius 2 is 2.50 bits per heavy atom. The minimum atomic E-state index is -0.398. The quantitative estimate of drug-likeness (QED) is 0.822. The van der Waals surface area contributed by atoms with Crippen molar-refractivity contribution >= 4 is 33.5 Å². The second-order valence-corrected chi connectivity index (χ2v) is 3.27. The first-order chi connectivity index (χ1) is 5.65. The monoisotopic (exact) mass is 251 g/mol. The highest BCUT2D eigenvalue weighted by Gasteiger charge is 2.11. The van der Waals surface area contributed by atoms with E-state index in [9.17, 15) is 4.79 Å². The van der Waals surface area contributed by atoms with Crippen LogP contribution in [-0.2, 0) is 4.74 Å². The summed E-state index contributed by atoms with van der Waals surface area (Å²) in [7, 11) is 0. The van der Waals surface area contributed by atoms with Crippen LogP contribution >= 0.6 is 27.5 Å². The van der Waals surface area contributed by atoms with Crippen LogP contribution in [0.25, 0.3) is 0 Å². The molecule has 0 unspecified atom stereocenters. The molecule has 0 radical (unpaired) electrons. The second kappa shape index (κ2) is 3.96. The number of esters is 1. The summed E-state index contributed by atoms with van der Waals surface area (Å²) in [5.74, 6) is -0.398. The summed E-state index contributed by atoms with van der Waals surface area (Å²) < 4.78 is 5.34. The highest BCUT2D eigenvalue weighted by Crippen LogP contribution is 2.22. The summed E-state index contributed by atoms with van der Waals surface area (Å²) in [6.45, 7) is 2.10. The molecule has 1 aromatic heterocycles. The van der Waals surface area contributed by atoms with Gasteiger partial charge in [0, 0.05) is 0 Å². The van der Waals surface area contributed by atoms with Gasteiger partial charge < -0.3 is 9.72 Å². The summed E-state index contributed by atoms with van der Waals surface area (Å²) in [6.07, 6.45) is 0. The molecule has 0 amide bonds. The molecule has 0 saturated heterocycles. The fraction of sp³-hybridized carbons (Fsp3) is 0.286. The number of rotatable bonds is 2. The fourth-order valence-corrected chi connectivity index (χ4v) is 1.21. The number of ether oxygens (including phenoxy) is 1. The summed E-state index contributed by atoms with van der Waals surface area (Å²) in [5.41, 5.74) is 0.355. The van der Waals surface area contributed by atoms with Gasteiger partial charge in [-0.3, -0.25) is 0 Å². The Labute approximate surface area is 83.2 Å². The van der Waals surface area contributed by atoms with E-state index < -0.39 is 5.97 Å². The number of aromatic amines is 1. The lowest BCUT2D eigenvalue weighted by Gasteiger charge is -1.96. The molecule has 1 N–H and O–H groups in total. The maximum Gasteiger partial charge on any atom is 0.354 e. The highest BCUT2D eigenvalue weighted by atomic mass is 79.9. The molecule has 0 saturated carbocycles. The number of carbonyl (C=O) groups is 1. The van der Waals surface area contributed by atoms with Gasteiger partial charge in [0.1, 0.15) is 10.3 Å². The molecule has 0 aromatic carbocycles. The smallest absolute Gasteiger partial charge is 0.354 e. The Morgan fingerprint density at radius 1 is 1.83 bits per heavy atom. The number of nitrogens with one attached hydrogen (secondary N) is 1. The molecule has 1 aromatic rings. The number of halogens is 2. The molecule has 3 nitrogen and oxygen atoms in total. The van der Waals surface area contributed by atoms with E-state index in [1.165, 1.54) is 6.07 Å². The van der Waals surface area contributed by atoms with Crippen LogP contribution in [0.1, 0.15) is 17.4 Å². The molecule has 0 fully saturated rings. The molecular formula is C7H7BrClNO2. The Balaban J connectivity index is 2.82. The van der Waals surface area contributed by atoms with Crippen molar-refractivity contribution in [2.24, 2.45) is 0 Å². The van der Waals surface area contributed by atoms with E-state index >= 15 is 0 Å². The van der Waals surface area contributed by atoms with Crippen molar-refractivity contribution in [3.05, 3.63) is 21.4 Å². The molecule has 0 aliphatic heterocycles. The third-order valence-electron chi connectivity index (χ3n) is 1.22. The van der Waals surface area contributed by atoms with E-state index in [4.69, 9.17) is 16.3 Å². The van der Waals surface area contributed by atoms with Gasteiger partial charge in [0.25, 0.3) is 0 Å². The molecule has 0 atom stereocenters. The summed E-state index contributed by atoms with van der Waals surface area (Å²) in [5, 5.41) is 0.470. The maximum absolute atomic E-state index is 11.1. The molecule has 5 heteroatoms. The Bertz CT molecular complexity index is 278. The van der Waals surface area contributed by atoms with E-state index in [0.29, 0.717) is 21.9 Å². The average molecular weight is 252 g/mol. The van der Waals surface area contributed by atoms with Crippen LogP contribution in [0.5, 0.6) is 0 Å². The minimum Gasteiger partial charge on any atom is -0.461 e. The zero-order valence-corrected chi connectivity index (χ0v) is 8.70. The van der Waals surface area contributed by atoms with Gasteiger partial charge in [-0.05, 0) is 28.9 Å². The molecule has 66 valence electrons. The van der Waals surface area contributed by atoms with E-state index in [-0.39, 0.29) is 0 Å². The van der Waals surface area contributed by atoms with Gasteiger partial charge in [-0.2, -0.15) is 0 Å². The lowest BCUT2D eigenvalue weighted by atomic mass is 10.4. The van der Waals surface area contributed by atoms with E-state index in [1.54, 1.807) is 6.92 Å². The zero-order valence-electron chi connectivity index (χ0n) is 6.36. The van der Waals surface area contributed by atoms with Crippen molar-refractivity contribution in [2.45, 2.75) is 6.92 Å². The first kappa shape index (κ1) is 9.61. The van der Waals surface area contributed by atoms with Crippen LogP contribution in [-0.4, -0.2) is 17.6 Å². The SMILES string of the molecule is CCOC(=O)c1cc(Cl)c(Br)[nH]1. The minimum absolute atomic E-state index is 0.354. The van der Waals surface area contributed by atoms with E-state index in [1.807, 2.05) is 0 Å². The van der Waals surface area contributed by atoms with Crippen molar-refractivity contribution in [3.8, 4) is 0 Å². The first-order valence-electron chi connectivity index (χ1n) is 3.36. The van der Waals surface area contributed by atoms with Crippen molar-refractivity contribution in [2.75, 3.05) is 6.61 Å². The molecule has 1 rings (SSSR count). The van der Waals surface area contributed by atoms with Crippen molar-refractivity contribution in [1.82, 2.24) is 4.98 Å². The molecule has 12 heavy (non-hydrogen) atoms. The molecule has 0 aliphatic rings. The van der Waals surface area contributed by atoms with Crippen LogP contribution in [0.2, 0.25) is 5.02 Å². The van der Waals surface area contributed by atoms with Gasteiger partial charge in [-0.25, -0.2) is 4.79 Å². The Kier molecular flexibility index (Phi) is 3.17. The van der Waals surface area contributed by atoms with Crippen LogP contribution in [0, 0.1) is 0 Å². The molecule has 0 bridgehead atoms. The topological polar surface area (TPSA) is 42.1 Å². The molecule has 0 aliphatic carbocycles. The summed E-state index contributed by atoms with van der Waals surface area (Å²) in [6, 6.07) is 1.52. The number of hydrogen-bond acceptors (Lipinski definition) is 2. The van der Waals surface area contributed by atoms with Crippen molar-refractivity contribution in [3.63, 3.8) is 0 Å². The molecule has 1 heterocycles. The van der Waals surface area contributed by atoms with Crippen molar-refractivity contribution < 1.29 is 9.53 Å². The summed E-state index contributed by atoms with van der Waals surface area (Å²) in [4.78, 5) is 13.8. The third-order valence-corrected chi connectivity index (χ3v) is 2.37. The van der Waals surface area contributed by atoms with Gasteiger partial charge in [0.2, 0.25) is 0 Å². The number of carbonyl (C=O) groups excluding carboxylic acids is 1. The normalized spacial score (nSPS) is 9.92. The molecule has 0 spiro atoms. The lowest BCUT2D eigenvalue weighted by molar-refractivity contribution is 0.0520. The van der Waals surface area contributed by atoms with E-state index in [2.05, 4.69) is 20.9 Å². The predicted molar refractivity (Wildman–Crippen MR) is 49.5 cm³/mol. The largest absolute Gasteiger partial charge is 0.461 e. The number of H-pyrrole nitrogens is 1. The van der Waals surface area contributed by atoms with Gasteiger partial charge in [-0.15, -0.1) is 0 Å². The van der Waals surface area contributed by atoms with Crippen LogP contribution in [0.3, 0.4) is 0 Å². The van der Waals surface area contributed by atoms with Crippen LogP contribution < -0.4 is 0 Å². The lowest BCUT2D eigenvalue weighted by Crippen LogP contribution is -2.04. The number of aromatic nitrogens is 1. The third kappa shape index (κ3) is 2.01. The Morgan fingerprint density at radius 3 is 2.92 bits per heavy atom. The second-order valence-electron chi connectivity index (χ2n) is 2.07. The van der Waals surface area contributed by atoms with Crippen LogP contribution in [0.15, 0.2) is 10.7 Å². The summed E-state index contributed by atoms with van der Waals surface area (Å²) >= 11 is 8.83. The van der Waals surface area contributed by atoms with Crippen molar-refractivity contribution in [1.29, 1.82) is 0 Å². The fourth-order valence-electron chi connectivity index (χ4n) is 0.723. The average Bonchev–Trinajstić information content (AvgIpc) is 2.33. The van der Waals surface area contributed by atoms with Gasteiger partial charge in [0.15, 0.2) is 0 Å². The van der Waals surface area contributed by atoms with Gasteiger partial charge in [0.05, 0.1) is 11.6 Å². The highest BCUT2D eigenvalue weighted by molar-refractivity contribution is 9.10. The molecular weight excluding hydrogens is 245 g/mol. The maximum atomic E-state index is 11.1. The Hall–Kier alpha value is -0.480. The zero-order chi connectivity index (χ0) is 9.14. The predicted octanol–water partition coefficient (Wildman–Crippen LogP) is 2.61. The van der Waals surface area contributed by atoms with E-state index in [0.717, 1.165) is 0 Å². The number of hydrogen-bond donors (Lipinski definition) is 1. The van der Waals surface area contributed by atoms with Crippen LogP contribution in [0.4, 0.5) is 0 Å².